The summed E-state index contributed by atoms with van der Waals surface area (Å²) in [5.41, 5.74) is 21.8. The van der Waals surface area contributed by atoms with Gasteiger partial charge in [-0.1, -0.05) is 0 Å². The number of nitrogens with zero attached hydrogens (tertiary/aromatic N) is 5. The highest BCUT2D eigenvalue weighted by Gasteiger charge is 1.88. The Balaban J connectivity index is 0.000000469. The third kappa shape index (κ3) is 17.2. The van der Waals surface area contributed by atoms with Crippen LogP contribution in [-0.4, -0.2) is 65.3 Å². The van der Waals surface area contributed by atoms with Crippen molar-refractivity contribution >= 4 is 54.4 Å². The van der Waals surface area contributed by atoms with E-state index >= 15 is 0 Å². The van der Waals surface area contributed by atoms with Gasteiger partial charge in [0.2, 0.25) is 18.3 Å². The number of aromatic amines is 4. The van der Waals surface area contributed by atoms with E-state index in [4.69, 9.17) is 22.9 Å². The number of anilines is 4. The zero-order chi connectivity index (χ0) is 30.0. The number of amides is 1. The molecule has 0 radical (unpaired) electrons. The van der Waals surface area contributed by atoms with E-state index in [1.165, 1.54) is 17.3 Å². The molecule has 1 amide bonds. The van der Waals surface area contributed by atoms with Gasteiger partial charge in [-0.2, -0.15) is 9.97 Å². The molecule has 0 saturated carbocycles. The van der Waals surface area contributed by atoms with Crippen molar-refractivity contribution in [1.82, 2.24) is 44.8 Å². The topological polar surface area (TPSA) is 273 Å². The summed E-state index contributed by atoms with van der Waals surface area (Å²) in [5, 5.41) is 0. The molecule has 0 atom stereocenters. The minimum absolute atomic E-state index is 0.126. The molecule has 39 heavy (non-hydrogen) atoms. The molecule has 0 bridgehead atoms. The van der Waals surface area contributed by atoms with Crippen molar-refractivity contribution in [3.63, 3.8) is 0 Å². The van der Waals surface area contributed by atoms with Crippen molar-refractivity contribution in [2.45, 2.75) is 13.8 Å². The summed E-state index contributed by atoms with van der Waals surface area (Å²) in [6.07, 6.45) is 6.94. The second kappa shape index (κ2) is 18.3. The van der Waals surface area contributed by atoms with E-state index < -0.39 is 0 Å². The largest absolute Gasteiger partial charge is 0.384 e. The van der Waals surface area contributed by atoms with Crippen LogP contribution >= 0.6 is 24.4 Å². The maximum atomic E-state index is 10.7. The Kier molecular flexibility index (Phi) is 16.0. The molecule has 0 aliphatic carbocycles. The van der Waals surface area contributed by atoms with Crippen LogP contribution in [-0.2, 0) is 4.79 Å². The standard InChI is InChI=1S/2C5H6N2OS.2C4H6N4.C3H7NO/c2*1-3-2-6-5(9)7-4(3)8;2*5-3-1-2-7-4(6)8-3;1-4(2)3-5/h2*2H,1H3,(H2,6,7,8,9);2*1-2H,(H4,5,6,7,8);3H,1-2H3. The van der Waals surface area contributed by atoms with Crippen LogP contribution in [0.2, 0.25) is 0 Å². The smallest absolute Gasteiger partial charge is 0.254 e. The number of hydrogen-bond donors (Lipinski definition) is 8. The highest BCUT2D eigenvalue weighted by atomic mass is 32.1. The molecule has 0 aliphatic heterocycles. The van der Waals surface area contributed by atoms with Crippen LogP contribution in [0.3, 0.4) is 0 Å². The molecule has 0 fully saturated rings. The predicted octanol–water partition coefficient (Wildman–Crippen LogP) is 0.468. The highest BCUT2D eigenvalue weighted by Crippen LogP contribution is 1.95. The third-order valence-electron chi connectivity index (χ3n) is 3.61. The van der Waals surface area contributed by atoms with Crippen molar-refractivity contribution in [3.8, 4) is 0 Å². The molecule has 0 saturated heterocycles. The average molecular weight is 578 g/mol. The normalized spacial score (nSPS) is 8.92. The van der Waals surface area contributed by atoms with Crippen LogP contribution in [0.25, 0.3) is 0 Å². The summed E-state index contributed by atoms with van der Waals surface area (Å²) in [5.74, 6) is 1.23. The Bertz CT molecular complexity index is 1390. The molecule has 4 heterocycles. The maximum Gasteiger partial charge on any atom is 0.254 e. The number of nitrogens with two attached hydrogens (primary N) is 4. The number of nitrogens with one attached hydrogen (secondary N) is 4. The average Bonchev–Trinajstić information content (AvgIpc) is 2.85. The van der Waals surface area contributed by atoms with E-state index in [1.807, 2.05) is 0 Å². The number of hydrogen-bond acceptors (Lipinski definition) is 13. The number of carbonyl (C=O) groups excluding carboxylic acids is 1. The van der Waals surface area contributed by atoms with E-state index in [0.29, 0.717) is 32.3 Å². The summed E-state index contributed by atoms with van der Waals surface area (Å²) in [7, 11) is 3.38. The number of aryl methyl sites for hydroxylation is 2. The van der Waals surface area contributed by atoms with Crippen molar-refractivity contribution in [2.75, 3.05) is 37.0 Å². The van der Waals surface area contributed by atoms with Crippen LogP contribution in [0.5, 0.6) is 0 Å². The van der Waals surface area contributed by atoms with Gasteiger partial charge >= 0.3 is 0 Å². The lowest BCUT2D eigenvalue weighted by molar-refractivity contribution is -0.115. The Labute approximate surface area is 233 Å². The Hall–Kier alpha value is -4.97. The van der Waals surface area contributed by atoms with Gasteiger partial charge < -0.3 is 37.8 Å². The van der Waals surface area contributed by atoms with Gasteiger partial charge in [-0.25, -0.2) is 9.97 Å². The Morgan fingerprint density at radius 2 is 1.10 bits per heavy atom. The quantitative estimate of drug-likeness (QED) is 0.113. The zero-order valence-electron chi connectivity index (χ0n) is 21.6. The van der Waals surface area contributed by atoms with Crippen LogP contribution in [0, 0.1) is 23.4 Å². The van der Waals surface area contributed by atoms with Gasteiger partial charge in [-0.15, -0.1) is 0 Å². The third-order valence-corrected chi connectivity index (χ3v) is 4.05. The molecule has 16 nitrogen and oxygen atoms in total. The molecular weight excluding hydrogens is 546 g/mol. The van der Waals surface area contributed by atoms with E-state index in [1.54, 1.807) is 52.5 Å². The first kappa shape index (κ1) is 34.0. The number of aromatic nitrogens is 8. The van der Waals surface area contributed by atoms with Crippen LogP contribution in [0.4, 0.5) is 23.5 Å². The molecule has 4 aromatic heterocycles. The van der Waals surface area contributed by atoms with Crippen molar-refractivity contribution in [1.29, 1.82) is 0 Å². The summed E-state index contributed by atoms with van der Waals surface area (Å²) in [6.45, 7) is 3.42. The van der Waals surface area contributed by atoms with Crippen molar-refractivity contribution < 1.29 is 4.79 Å². The molecule has 12 N–H and O–H groups in total. The van der Waals surface area contributed by atoms with Gasteiger partial charge in [0.15, 0.2) is 9.54 Å². The molecule has 0 unspecified atom stereocenters. The first-order valence-corrected chi connectivity index (χ1v) is 11.4. The minimum Gasteiger partial charge on any atom is -0.384 e. The second-order valence-electron chi connectivity index (χ2n) is 7.26. The van der Waals surface area contributed by atoms with E-state index in [9.17, 15) is 14.4 Å². The van der Waals surface area contributed by atoms with E-state index in [-0.39, 0.29) is 23.0 Å². The molecule has 0 spiro atoms. The van der Waals surface area contributed by atoms with Gasteiger partial charge in [0.25, 0.3) is 11.1 Å². The summed E-state index contributed by atoms with van der Waals surface area (Å²) >= 11 is 9.30. The van der Waals surface area contributed by atoms with E-state index in [0.717, 1.165) is 6.41 Å². The van der Waals surface area contributed by atoms with Crippen LogP contribution in [0.15, 0.2) is 46.5 Å². The number of rotatable bonds is 1. The van der Waals surface area contributed by atoms with Gasteiger partial charge in [-0.3, -0.25) is 24.4 Å². The highest BCUT2D eigenvalue weighted by molar-refractivity contribution is 7.71. The fourth-order valence-corrected chi connectivity index (χ4v) is 2.03. The van der Waals surface area contributed by atoms with Gasteiger partial charge in [0.1, 0.15) is 11.6 Å². The lowest BCUT2D eigenvalue weighted by atomic mass is 10.4. The molecule has 210 valence electrons. The fraction of sp³-hybridized carbons (Fsp3) is 0.190. The fourth-order valence-electron chi connectivity index (χ4n) is 1.73. The molecular formula is C21H31N13O3S2. The maximum absolute atomic E-state index is 10.7. The van der Waals surface area contributed by atoms with Crippen LogP contribution < -0.4 is 34.1 Å². The molecule has 0 aliphatic rings. The Morgan fingerprint density at radius 1 is 0.769 bits per heavy atom. The van der Waals surface area contributed by atoms with Gasteiger partial charge in [0.05, 0.1) is 0 Å². The number of H-pyrrole nitrogens is 4. The SMILES string of the molecule is CN(C)C=O.Cc1c[nH]c(=S)[nH]c1=O.Cc1c[nH]c(=S)[nH]c1=O.Nc1ccnc(N)n1.Nc1ccnc(N)n1. The van der Waals surface area contributed by atoms with Gasteiger partial charge in [-0.05, 0) is 50.4 Å². The first-order valence-electron chi connectivity index (χ1n) is 10.6. The summed E-state index contributed by atoms with van der Waals surface area (Å²) < 4.78 is 0.733. The molecule has 4 rings (SSSR count). The predicted molar refractivity (Wildman–Crippen MR) is 155 cm³/mol. The molecule has 18 heteroatoms. The molecule has 4 aromatic rings. The first-order chi connectivity index (χ1) is 18.2. The lowest BCUT2D eigenvalue weighted by Crippen LogP contribution is -2.09. The van der Waals surface area contributed by atoms with Crippen molar-refractivity contribution in [2.24, 2.45) is 0 Å². The lowest BCUT2D eigenvalue weighted by Gasteiger charge is -1.93. The zero-order valence-corrected chi connectivity index (χ0v) is 23.3. The minimum atomic E-state index is -0.126. The number of nitrogen functional groups attached to an aromatic ring is 4. The van der Waals surface area contributed by atoms with E-state index in [2.05, 4.69) is 64.3 Å². The van der Waals surface area contributed by atoms with Gasteiger partial charge in [0, 0.05) is 50.0 Å². The van der Waals surface area contributed by atoms with Crippen molar-refractivity contribution in [3.05, 3.63) is 78.3 Å². The molecule has 0 aromatic carbocycles. The second-order valence-corrected chi connectivity index (χ2v) is 8.07. The summed E-state index contributed by atoms with van der Waals surface area (Å²) in [6, 6.07) is 3.16. The Morgan fingerprint density at radius 3 is 1.28 bits per heavy atom. The summed E-state index contributed by atoms with van der Waals surface area (Å²) in [4.78, 5) is 57.0. The van der Waals surface area contributed by atoms with Crippen LogP contribution in [0.1, 0.15) is 11.1 Å². The monoisotopic (exact) mass is 577 g/mol. The number of carbonyl (C=O) groups is 1.